The fourth-order valence-corrected chi connectivity index (χ4v) is 2.47. The van der Waals surface area contributed by atoms with Crippen molar-refractivity contribution >= 4 is 28.6 Å². The minimum absolute atomic E-state index is 0.152. The van der Waals surface area contributed by atoms with Crippen LogP contribution in [0.25, 0.3) is 10.8 Å². The summed E-state index contributed by atoms with van der Waals surface area (Å²) in [4.78, 5) is 17.0. The van der Waals surface area contributed by atoms with E-state index in [-0.39, 0.29) is 12.5 Å². The fourth-order valence-electron chi connectivity index (χ4n) is 2.47. The lowest BCUT2D eigenvalue weighted by atomic mass is 10.1. The Morgan fingerprint density at radius 2 is 1.81 bits per heavy atom. The molecule has 0 fully saturated rings. The van der Waals surface area contributed by atoms with Crippen molar-refractivity contribution in [1.29, 1.82) is 0 Å². The van der Waals surface area contributed by atoms with E-state index in [0.29, 0.717) is 6.61 Å². The van der Waals surface area contributed by atoms with Crippen molar-refractivity contribution in [2.24, 2.45) is 5.16 Å². The molecule has 0 heterocycles. The molecule has 0 aliphatic heterocycles. The number of carbonyl (C=O) groups is 1. The number of anilines is 1. The van der Waals surface area contributed by atoms with Gasteiger partial charge in [-0.2, -0.15) is 0 Å². The van der Waals surface area contributed by atoms with E-state index in [2.05, 4.69) is 10.5 Å². The molecule has 0 atom stereocenters. The van der Waals surface area contributed by atoms with Gasteiger partial charge in [0.1, 0.15) is 5.75 Å². The Morgan fingerprint density at radius 3 is 2.58 bits per heavy atom. The summed E-state index contributed by atoms with van der Waals surface area (Å²) in [6.07, 6.45) is 1.55. The van der Waals surface area contributed by atoms with Gasteiger partial charge in [0.25, 0.3) is 5.91 Å². The third-order valence-corrected chi connectivity index (χ3v) is 3.70. The van der Waals surface area contributed by atoms with Crippen LogP contribution in [-0.4, -0.2) is 25.3 Å². The van der Waals surface area contributed by atoms with Crippen LogP contribution in [0.2, 0.25) is 0 Å². The predicted octanol–water partition coefficient (Wildman–Crippen LogP) is 4.23. The first kappa shape index (κ1) is 17.5. The maximum atomic E-state index is 11.9. The summed E-state index contributed by atoms with van der Waals surface area (Å²) < 4.78 is 5.37. The lowest BCUT2D eigenvalue weighted by Gasteiger charge is -2.06. The highest BCUT2D eigenvalue weighted by molar-refractivity contribution is 5.95. The van der Waals surface area contributed by atoms with Gasteiger partial charge in [-0.05, 0) is 59.7 Å². The Kier molecular flexibility index (Phi) is 5.83. The highest BCUT2D eigenvalue weighted by atomic mass is 16.6. The second kappa shape index (κ2) is 8.67. The summed E-state index contributed by atoms with van der Waals surface area (Å²) in [5.41, 5.74) is 1.59. The Morgan fingerprint density at radius 1 is 1.04 bits per heavy atom. The summed E-state index contributed by atoms with van der Waals surface area (Å²) in [6, 6.07) is 21.2. The van der Waals surface area contributed by atoms with E-state index in [1.54, 1.807) is 6.21 Å². The summed E-state index contributed by atoms with van der Waals surface area (Å²) >= 11 is 0. The number of nitrogens with one attached hydrogen (secondary N) is 1. The number of hydrogen-bond donors (Lipinski definition) is 1. The molecule has 1 N–H and O–H groups in total. The molecular weight excluding hydrogens is 328 g/mol. The van der Waals surface area contributed by atoms with Crippen LogP contribution in [0, 0.1) is 0 Å². The van der Waals surface area contributed by atoms with Crippen molar-refractivity contribution < 1.29 is 14.4 Å². The summed E-state index contributed by atoms with van der Waals surface area (Å²) in [5.74, 6) is 0.546. The number of rotatable bonds is 7. The maximum Gasteiger partial charge on any atom is 0.265 e. The monoisotopic (exact) mass is 348 g/mol. The quantitative estimate of drug-likeness (QED) is 0.513. The van der Waals surface area contributed by atoms with Crippen LogP contribution in [0.4, 0.5) is 5.69 Å². The molecule has 0 aliphatic carbocycles. The minimum atomic E-state index is -0.260. The molecule has 0 unspecified atom stereocenters. The first-order valence-corrected chi connectivity index (χ1v) is 8.41. The molecule has 132 valence electrons. The molecule has 3 aromatic rings. The van der Waals surface area contributed by atoms with Crippen LogP contribution in [0.1, 0.15) is 12.5 Å². The molecular formula is C21H20N2O3. The molecule has 5 nitrogen and oxygen atoms in total. The molecule has 0 aliphatic rings. The van der Waals surface area contributed by atoms with E-state index < -0.39 is 0 Å². The molecule has 0 saturated heterocycles. The van der Waals surface area contributed by atoms with Crippen LogP contribution in [0.3, 0.4) is 0 Å². The van der Waals surface area contributed by atoms with Gasteiger partial charge >= 0.3 is 0 Å². The van der Waals surface area contributed by atoms with Crippen molar-refractivity contribution in [3.63, 3.8) is 0 Å². The number of benzene rings is 3. The molecule has 3 aromatic carbocycles. The van der Waals surface area contributed by atoms with Crippen molar-refractivity contribution in [1.82, 2.24) is 0 Å². The van der Waals surface area contributed by atoms with Gasteiger partial charge in [0.05, 0.1) is 12.8 Å². The molecule has 1 amide bonds. The standard InChI is InChI=1S/C21H20N2O3/c1-2-25-20-11-7-16(8-12-20)14-22-26-15-21(24)23-19-10-9-17-5-3-4-6-18(17)13-19/h3-14H,2,15H2,1H3,(H,23,24)/b22-14-. The molecule has 0 bridgehead atoms. The Bertz CT molecular complexity index is 905. The van der Waals surface area contributed by atoms with Crippen molar-refractivity contribution in [2.75, 3.05) is 18.5 Å². The second-order valence-electron chi connectivity index (χ2n) is 5.62. The zero-order valence-electron chi connectivity index (χ0n) is 14.5. The Hall–Kier alpha value is -3.34. The van der Waals surface area contributed by atoms with E-state index in [1.165, 1.54) is 0 Å². The van der Waals surface area contributed by atoms with Crippen molar-refractivity contribution in [3.8, 4) is 5.75 Å². The van der Waals surface area contributed by atoms with Crippen LogP contribution in [-0.2, 0) is 9.63 Å². The van der Waals surface area contributed by atoms with Crippen LogP contribution >= 0.6 is 0 Å². The zero-order chi connectivity index (χ0) is 18.2. The van der Waals surface area contributed by atoms with E-state index >= 15 is 0 Å². The van der Waals surface area contributed by atoms with E-state index in [0.717, 1.165) is 27.8 Å². The number of oxime groups is 1. The highest BCUT2D eigenvalue weighted by Crippen LogP contribution is 2.18. The largest absolute Gasteiger partial charge is 0.494 e. The SMILES string of the molecule is CCOc1ccc(/C=N\OCC(=O)Nc2ccc3ccccc3c2)cc1. The van der Waals surface area contributed by atoms with Gasteiger partial charge in [-0.15, -0.1) is 0 Å². The highest BCUT2D eigenvalue weighted by Gasteiger charge is 2.03. The van der Waals surface area contributed by atoms with E-state index in [9.17, 15) is 4.79 Å². The first-order chi connectivity index (χ1) is 12.7. The molecule has 0 aromatic heterocycles. The number of amides is 1. The lowest BCUT2D eigenvalue weighted by molar-refractivity contribution is -0.120. The van der Waals surface area contributed by atoms with Gasteiger partial charge in [0.15, 0.2) is 6.61 Å². The molecule has 3 rings (SSSR count). The number of fused-ring (bicyclic) bond motifs is 1. The van der Waals surface area contributed by atoms with Crippen LogP contribution in [0.15, 0.2) is 71.9 Å². The second-order valence-corrected chi connectivity index (χ2v) is 5.62. The maximum absolute atomic E-state index is 11.9. The Balaban J connectivity index is 1.48. The number of ether oxygens (including phenoxy) is 1. The molecule has 0 saturated carbocycles. The van der Waals surface area contributed by atoms with Gasteiger partial charge in [-0.1, -0.05) is 35.5 Å². The zero-order valence-corrected chi connectivity index (χ0v) is 14.5. The van der Waals surface area contributed by atoms with E-state index in [1.807, 2.05) is 73.7 Å². The average molecular weight is 348 g/mol. The van der Waals surface area contributed by atoms with Gasteiger partial charge < -0.3 is 14.9 Å². The van der Waals surface area contributed by atoms with Gasteiger partial charge in [-0.25, -0.2) is 0 Å². The van der Waals surface area contributed by atoms with Crippen molar-refractivity contribution in [2.45, 2.75) is 6.92 Å². The number of hydrogen-bond acceptors (Lipinski definition) is 4. The van der Waals surface area contributed by atoms with Crippen LogP contribution < -0.4 is 10.1 Å². The van der Waals surface area contributed by atoms with Crippen molar-refractivity contribution in [3.05, 3.63) is 72.3 Å². The first-order valence-electron chi connectivity index (χ1n) is 8.41. The smallest absolute Gasteiger partial charge is 0.265 e. The fraction of sp³-hybridized carbons (Fsp3) is 0.143. The summed E-state index contributed by atoms with van der Waals surface area (Å²) in [5, 5.41) is 8.82. The number of carbonyl (C=O) groups excluding carboxylic acids is 1. The number of nitrogens with zero attached hydrogens (tertiary/aromatic N) is 1. The van der Waals surface area contributed by atoms with E-state index in [4.69, 9.17) is 9.57 Å². The molecule has 26 heavy (non-hydrogen) atoms. The van der Waals surface area contributed by atoms with Crippen LogP contribution in [0.5, 0.6) is 5.75 Å². The molecule has 5 heteroatoms. The minimum Gasteiger partial charge on any atom is -0.494 e. The molecule has 0 radical (unpaired) electrons. The summed E-state index contributed by atoms with van der Waals surface area (Å²) in [7, 11) is 0. The molecule has 0 spiro atoms. The van der Waals surface area contributed by atoms with Gasteiger partial charge in [0, 0.05) is 5.69 Å². The normalized spacial score (nSPS) is 10.8. The third-order valence-electron chi connectivity index (χ3n) is 3.70. The van der Waals surface area contributed by atoms with Gasteiger partial charge in [0.2, 0.25) is 0 Å². The average Bonchev–Trinajstić information content (AvgIpc) is 2.67. The third kappa shape index (κ3) is 4.83. The topological polar surface area (TPSA) is 59.9 Å². The Labute approximate surface area is 152 Å². The van der Waals surface area contributed by atoms with Gasteiger partial charge in [-0.3, -0.25) is 4.79 Å². The summed E-state index contributed by atoms with van der Waals surface area (Å²) in [6.45, 7) is 2.41. The lowest BCUT2D eigenvalue weighted by Crippen LogP contribution is -2.16. The predicted molar refractivity (Wildman–Crippen MR) is 104 cm³/mol.